The van der Waals surface area contributed by atoms with Crippen LogP contribution in [0.4, 0.5) is 5.69 Å². The van der Waals surface area contributed by atoms with Crippen LogP contribution in [0.2, 0.25) is 0 Å². The first-order valence-corrected chi connectivity index (χ1v) is 7.04. The van der Waals surface area contributed by atoms with Crippen molar-refractivity contribution in [2.24, 2.45) is 0 Å². The lowest BCUT2D eigenvalue weighted by atomic mass is 9.71. The highest BCUT2D eigenvalue weighted by Crippen LogP contribution is 2.53. The van der Waals surface area contributed by atoms with Gasteiger partial charge in [-0.2, -0.15) is 0 Å². The summed E-state index contributed by atoms with van der Waals surface area (Å²) in [4.78, 5) is 14.6. The van der Waals surface area contributed by atoms with Gasteiger partial charge >= 0.3 is 0 Å². The van der Waals surface area contributed by atoms with E-state index in [1.165, 1.54) is 12.1 Å². The largest absolute Gasteiger partial charge is 0.504 e. The van der Waals surface area contributed by atoms with E-state index in [9.17, 15) is 15.0 Å². The number of likely N-dealkylation sites (N-methyl/N-ethyl adjacent to an activating group) is 1. The number of carbonyl (C=O) groups excluding carboxylic acids is 1. The Balaban J connectivity index is 2.07. The van der Waals surface area contributed by atoms with Crippen molar-refractivity contribution in [2.45, 2.75) is 5.41 Å². The quantitative estimate of drug-likeness (QED) is 0.531. The predicted octanol–water partition coefficient (Wildman–Crippen LogP) is 0.0111. The van der Waals surface area contributed by atoms with Crippen molar-refractivity contribution in [1.29, 1.82) is 0 Å². The smallest absolute Gasteiger partial charge is 0.245 e. The molecule has 0 fully saturated rings. The van der Waals surface area contributed by atoms with E-state index in [1.807, 2.05) is 26.0 Å². The van der Waals surface area contributed by atoms with Crippen molar-refractivity contribution in [3.05, 3.63) is 41.5 Å². The Kier molecular flexibility index (Phi) is 2.36. The number of benzene rings is 2. The number of phenolic OH excluding ortho intramolecular Hbond substituents is 2. The number of carbonyl (C=O) groups is 1. The first-order valence-electron chi connectivity index (χ1n) is 7.04. The highest BCUT2D eigenvalue weighted by Gasteiger charge is 2.56. The zero-order chi connectivity index (χ0) is 15.6. The Hall–Kier alpha value is -2.63. The molecule has 2 heterocycles. The fourth-order valence-electron chi connectivity index (χ4n) is 3.65. The van der Waals surface area contributed by atoms with Crippen LogP contribution in [0.3, 0.4) is 0 Å². The van der Waals surface area contributed by atoms with Crippen molar-refractivity contribution < 1.29 is 19.7 Å². The number of anilines is 1. The van der Waals surface area contributed by atoms with Gasteiger partial charge in [-0.15, -0.1) is 0 Å². The van der Waals surface area contributed by atoms with E-state index in [1.54, 1.807) is 11.9 Å². The van der Waals surface area contributed by atoms with Gasteiger partial charge in [-0.05, 0) is 17.7 Å². The summed E-state index contributed by atoms with van der Waals surface area (Å²) in [5.41, 5.74) is 2.42. The lowest BCUT2D eigenvalue weighted by Crippen LogP contribution is -2.42. The van der Waals surface area contributed by atoms with Gasteiger partial charge in [0.25, 0.3) is 0 Å². The maximum Gasteiger partial charge on any atom is 0.245 e. The molecule has 2 N–H and O–H groups in total. The third-order valence-electron chi connectivity index (χ3n) is 4.69. The molecule has 0 saturated carbocycles. The molecule has 0 bridgehead atoms. The second-order valence-corrected chi connectivity index (χ2v) is 5.86. The van der Waals surface area contributed by atoms with E-state index < -0.39 is 5.41 Å². The number of ether oxygens (including phenoxy) is 1. The first-order chi connectivity index (χ1) is 10.5. The summed E-state index contributed by atoms with van der Waals surface area (Å²) >= 11 is 0. The van der Waals surface area contributed by atoms with Gasteiger partial charge < -0.3 is 19.8 Å². The molecule has 2 aromatic carbocycles. The molecule has 0 aliphatic carbocycles. The molecule has 0 saturated heterocycles. The van der Waals surface area contributed by atoms with Gasteiger partial charge in [0.2, 0.25) is 5.91 Å². The molecule has 1 amide bonds. The maximum atomic E-state index is 13.0. The third kappa shape index (κ3) is 1.32. The van der Waals surface area contributed by atoms with Gasteiger partial charge in [-0.1, -0.05) is 17.6 Å². The normalized spacial score (nSPS) is 21.9. The van der Waals surface area contributed by atoms with Gasteiger partial charge in [0, 0.05) is 24.4 Å². The number of amides is 1. The average molecular weight is 295 g/mol. The van der Waals surface area contributed by atoms with Crippen molar-refractivity contribution in [2.75, 3.05) is 18.6 Å². The summed E-state index contributed by atoms with van der Waals surface area (Å²) < 4.78 is 5.68. The Labute approximate surface area is 128 Å². The lowest BCUT2D eigenvalue weighted by Gasteiger charge is -2.22. The van der Waals surface area contributed by atoms with Gasteiger partial charge in [0.05, 0.1) is 0 Å². The predicted molar refractivity (Wildman–Crippen MR) is 84.1 cm³/mol. The van der Waals surface area contributed by atoms with E-state index in [0.717, 1.165) is 16.7 Å². The molecule has 22 heavy (non-hydrogen) atoms. The number of hydrogen-bond donors (Lipinski definition) is 2. The van der Waals surface area contributed by atoms with Crippen LogP contribution in [0.1, 0.15) is 11.1 Å². The van der Waals surface area contributed by atoms with Crippen molar-refractivity contribution in [3.63, 3.8) is 0 Å². The Morgan fingerprint density at radius 3 is 2.77 bits per heavy atom. The molecule has 0 radical (unpaired) electrons. The molecule has 1 atom stereocenters. The second-order valence-electron chi connectivity index (χ2n) is 5.86. The van der Waals surface area contributed by atoms with Crippen LogP contribution in [0.15, 0.2) is 30.3 Å². The van der Waals surface area contributed by atoms with Crippen LogP contribution < -0.4 is 15.1 Å². The fourth-order valence-corrected chi connectivity index (χ4v) is 3.65. The molecule has 6 heteroatoms. The van der Waals surface area contributed by atoms with E-state index in [2.05, 4.69) is 0 Å². The van der Waals surface area contributed by atoms with Gasteiger partial charge in [-0.25, -0.2) is 0 Å². The molecular weight excluding hydrogens is 281 g/mol. The van der Waals surface area contributed by atoms with E-state index in [4.69, 9.17) is 4.74 Å². The lowest BCUT2D eigenvalue weighted by molar-refractivity contribution is -0.121. The van der Waals surface area contributed by atoms with Gasteiger partial charge in [0.1, 0.15) is 25.6 Å². The van der Waals surface area contributed by atoms with E-state index in [0.29, 0.717) is 11.3 Å². The third-order valence-corrected chi connectivity index (χ3v) is 4.69. The van der Waals surface area contributed by atoms with Crippen LogP contribution in [0.25, 0.3) is 0 Å². The minimum atomic E-state index is -0.948. The van der Waals surface area contributed by atoms with E-state index >= 15 is 0 Å². The molecule has 0 aromatic heterocycles. The highest BCUT2D eigenvalue weighted by molar-refractivity contribution is 6.36. The zero-order valence-corrected chi connectivity index (χ0v) is 12.3. The standard InChI is InChI=1S/C16H14BNO4/c1-18-10-4-2-3-9(17)14(10)16(15(18)21)7-22-13-6-12(20)11(19)5-8(13)16/h2-6,19-20H,7,17H2,1H3. The monoisotopic (exact) mass is 295 g/mol. The van der Waals surface area contributed by atoms with Gasteiger partial charge in [0.15, 0.2) is 11.5 Å². The summed E-state index contributed by atoms with van der Waals surface area (Å²) in [7, 11) is 3.71. The van der Waals surface area contributed by atoms with Gasteiger partial charge in [-0.3, -0.25) is 4.79 Å². The molecule has 110 valence electrons. The molecule has 1 spiro atoms. The molecule has 2 aliphatic rings. The SMILES string of the molecule is Bc1cccc2c1C1(COc3cc(O)c(O)cc31)C(=O)N2C. The average Bonchev–Trinajstić information content (AvgIpc) is 2.95. The number of phenols is 2. The summed E-state index contributed by atoms with van der Waals surface area (Å²) in [6.07, 6.45) is 0. The first kappa shape index (κ1) is 13.1. The molecule has 5 nitrogen and oxygen atoms in total. The summed E-state index contributed by atoms with van der Waals surface area (Å²) in [6, 6.07) is 8.59. The summed E-state index contributed by atoms with van der Waals surface area (Å²) in [5.74, 6) is -0.144. The van der Waals surface area contributed by atoms with Crippen molar-refractivity contribution >= 4 is 24.9 Å². The number of hydrogen-bond acceptors (Lipinski definition) is 4. The van der Waals surface area contributed by atoms with Crippen LogP contribution in [-0.2, 0) is 10.2 Å². The minimum absolute atomic E-state index is 0.0827. The molecule has 2 aromatic rings. The number of nitrogens with zero attached hydrogens (tertiary/aromatic N) is 1. The van der Waals surface area contributed by atoms with Crippen molar-refractivity contribution in [1.82, 2.24) is 0 Å². The number of aromatic hydroxyl groups is 2. The van der Waals surface area contributed by atoms with Crippen LogP contribution in [0, 0.1) is 0 Å². The maximum absolute atomic E-state index is 13.0. The number of fused-ring (bicyclic) bond motifs is 4. The molecule has 2 aliphatic heterocycles. The zero-order valence-electron chi connectivity index (χ0n) is 12.3. The van der Waals surface area contributed by atoms with E-state index in [-0.39, 0.29) is 24.0 Å². The molecule has 1 unspecified atom stereocenters. The minimum Gasteiger partial charge on any atom is -0.504 e. The summed E-state index contributed by atoms with van der Waals surface area (Å²) in [6.45, 7) is 0.173. The summed E-state index contributed by atoms with van der Waals surface area (Å²) in [5, 5.41) is 19.5. The molecule has 4 rings (SSSR count). The number of rotatable bonds is 0. The van der Waals surface area contributed by atoms with Crippen LogP contribution >= 0.6 is 0 Å². The fraction of sp³-hybridized carbons (Fsp3) is 0.188. The Bertz CT molecular complexity index is 835. The Morgan fingerprint density at radius 1 is 1.27 bits per heavy atom. The topological polar surface area (TPSA) is 70.0 Å². The Morgan fingerprint density at radius 2 is 2.00 bits per heavy atom. The van der Waals surface area contributed by atoms with Crippen LogP contribution in [-0.4, -0.2) is 37.6 Å². The van der Waals surface area contributed by atoms with Crippen LogP contribution in [0.5, 0.6) is 17.2 Å². The highest BCUT2D eigenvalue weighted by atomic mass is 16.5. The second kappa shape index (κ2) is 3.97. The van der Waals surface area contributed by atoms with Crippen molar-refractivity contribution in [3.8, 4) is 17.2 Å². The molecular formula is C16H14BNO4.